The Hall–Kier alpha value is -1.96. The van der Waals surface area contributed by atoms with Crippen LogP contribution in [0.1, 0.15) is 63.0 Å². The van der Waals surface area contributed by atoms with Gasteiger partial charge in [-0.1, -0.05) is 75.9 Å². The zero-order valence-corrected chi connectivity index (χ0v) is 15.0. The number of benzene rings is 2. The van der Waals surface area contributed by atoms with Gasteiger partial charge in [0, 0.05) is 0 Å². The van der Waals surface area contributed by atoms with E-state index in [0.29, 0.717) is 11.7 Å². The summed E-state index contributed by atoms with van der Waals surface area (Å²) in [4.78, 5) is 0. The molecule has 2 heteroatoms. The molecule has 24 heavy (non-hydrogen) atoms. The normalized spacial score (nSPS) is 12.1. The molecule has 0 heterocycles. The third kappa shape index (κ3) is 5.59. The summed E-state index contributed by atoms with van der Waals surface area (Å²) in [5.74, 6) is 1.66. The molecule has 2 aromatic rings. The van der Waals surface area contributed by atoms with E-state index in [-0.39, 0.29) is 0 Å². The van der Waals surface area contributed by atoms with Crippen LogP contribution in [0.4, 0.5) is 0 Å². The van der Waals surface area contributed by atoms with E-state index in [1.54, 1.807) is 6.07 Å². The van der Waals surface area contributed by atoms with Crippen LogP contribution >= 0.6 is 0 Å². The van der Waals surface area contributed by atoms with Gasteiger partial charge in [0.25, 0.3) is 0 Å². The van der Waals surface area contributed by atoms with Gasteiger partial charge in [0.05, 0.1) is 6.61 Å². The topological polar surface area (TPSA) is 29.5 Å². The number of hydrogen-bond acceptors (Lipinski definition) is 2. The van der Waals surface area contributed by atoms with Gasteiger partial charge >= 0.3 is 0 Å². The average Bonchev–Trinajstić information content (AvgIpc) is 2.60. The van der Waals surface area contributed by atoms with Crippen molar-refractivity contribution in [3.8, 4) is 11.5 Å². The minimum Gasteiger partial charge on any atom is -0.508 e. The van der Waals surface area contributed by atoms with Gasteiger partial charge in [-0.3, -0.25) is 0 Å². The second-order valence-electron chi connectivity index (χ2n) is 6.53. The monoisotopic (exact) mass is 326 g/mol. The second-order valence-corrected chi connectivity index (χ2v) is 6.53. The highest BCUT2D eigenvalue weighted by atomic mass is 16.5. The van der Waals surface area contributed by atoms with Crippen LogP contribution < -0.4 is 4.74 Å². The molecule has 1 atom stereocenters. The fourth-order valence-corrected chi connectivity index (χ4v) is 3.03. The molecule has 2 nitrogen and oxygen atoms in total. The number of para-hydroxylation sites is 2. The number of aromatic hydroxyl groups is 1. The Morgan fingerprint density at radius 3 is 2.42 bits per heavy atom. The summed E-state index contributed by atoms with van der Waals surface area (Å²) in [6, 6.07) is 15.9. The summed E-state index contributed by atoms with van der Waals surface area (Å²) in [6.45, 7) is 5.21. The smallest absolute Gasteiger partial charge is 0.122 e. The fraction of sp³-hybridized carbons (Fsp3) is 0.455. The van der Waals surface area contributed by atoms with Crippen molar-refractivity contribution < 1.29 is 9.84 Å². The Labute approximate surface area is 146 Å². The standard InChI is InChI=1S/C22H30O2/c1-3-4-5-6-11-16-24-22-15-10-8-13-20(22)18(2)17-19-12-7-9-14-21(19)23/h7-10,12-15,18,23H,3-6,11,16-17H2,1-2H3. The SMILES string of the molecule is CCCCCCCOc1ccccc1C(C)Cc1ccccc1O. The molecule has 0 aliphatic carbocycles. The zero-order valence-electron chi connectivity index (χ0n) is 15.0. The Morgan fingerprint density at radius 1 is 0.917 bits per heavy atom. The lowest BCUT2D eigenvalue weighted by molar-refractivity contribution is 0.300. The number of phenols is 1. The van der Waals surface area contributed by atoms with E-state index in [2.05, 4.69) is 32.0 Å². The maximum Gasteiger partial charge on any atom is 0.122 e. The van der Waals surface area contributed by atoms with Gasteiger partial charge in [-0.15, -0.1) is 0 Å². The van der Waals surface area contributed by atoms with E-state index < -0.39 is 0 Å². The number of rotatable bonds is 10. The predicted molar refractivity (Wildman–Crippen MR) is 101 cm³/mol. The van der Waals surface area contributed by atoms with Crippen LogP contribution in [0.15, 0.2) is 48.5 Å². The first-order chi connectivity index (χ1) is 11.7. The van der Waals surface area contributed by atoms with Crippen LogP contribution in [0.3, 0.4) is 0 Å². The van der Waals surface area contributed by atoms with Crippen molar-refractivity contribution in [2.45, 2.75) is 58.3 Å². The first-order valence-corrected chi connectivity index (χ1v) is 9.21. The molecule has 0 aromatic heterocycles. The molecule has 0 saturated heterocycles. The predicted octanol–water partition coefficient (Wildman–Crippen LogP) is 6.09. The van der Waals surface area contributed by atoms with Gasteiger partial charge in [0.1, 0.15) is 11.5 Å². The van der Waals surface area contributed by atoms with Gasteiger partial charge in [-0.05, 0) is 42.0 Å². The molecule has 0 fully saturated rings. The number of phenolic OH excluding ortho intramolecular Hbond substituents is 1. The van der Waals surface area contributed by atoms with Crippen molar-refractivity contribution in [1.82, 2.24) is 0 Å². The van der Waals surface area contributed by atoms with E-state index in [0.717, 1.165) is 30.8 Å². The largest absolute Gasteiger partial charge is 0.508 e. The van der Waals surface area contributed by atoms with Gasteiger partial charge < -0.3 is 9.84 Å². The van der Waals surface area contributed by atoms with Gasteiger partial charge in [0.15, 0.2) is 0 Å². The molecule has 0 amide bonds. The third-order valence-corrected chi connectivity index (χ3v) is 4.47. The van der Waals surface area contributed by atoms with Crippen molar-refractivity contribution in [3.63, 3.8) is 0 Å². The quantitative estimate of drug-likeness (QED) is 0.535. The second kappa shape index (κ2) is 10.0. The minimum absolute atomic E-state index is 0.301. The summed E-state index contributed by atoms with van der Waals surface area (Å²) in [6.07, 6.45) is 7.04. The molecule has 0 saturated carbocycles. The van der Waals surface area contributed by atoms with Crippen LogP contribution in [0.25, 0.3) is 0 Å². The van der Waals surface area contributed by atoms with Crippen molar-refractivity contribution in [3.05, 3.63) is 59.7 Å². The molecule has 0 spiro atoms. The fourth-order valence-electron chi connectivity index (χ4n) is 3.03. The Morgan fingerprint density at radius 2 is 1.62 bits per heavy atom. The van der Waals surface area contributed by atoms with E-state index in [1.165, 1.54) is 31.2 Å². The van der Waals surface area contributed by atoms with Crippen LogP contribution in [0.5, 0.6) is 11.5 Å². The molecule has 1 unspecified atom stereocenters. The molecule has 0 aliphatic heterocycles. The van der Waals surface area contributed by atoms with Crippen LogP contribution in [-0.4, -0.2) is 11.7 Å². The van der Waals surface area contributed by atoms with E-state index >= 15 is 0 Å². The molecule has 2 aromatic carbocycles. The molecule has 0 aliphatic rings. The van der Waals surface area contributed by atoms with E-state index in [9.17, 15) is 5.11 Å². The Bertz CT molecular complexity index is 606. The number of unbranched alkanes of at least 4 members (excludes halogenated alkanes) is 4. The van der Waals surface area contributed by atoms with Crippen molar-refractivity contribution in [2.75, 3.05) is 6.61 Å². The molecule has 2 rings (SSSR count). The molecular weight excluding hydrogens is 296 g/mol. The highest BCUT2D eigenvalue weighted by Gasteiger charge is 2.13. The van der Waals surface area contributed by atoms with Gasteiger partial charge in [0.2, 0.25) is 0 Å². The summed E-state index contributed by atoms with van der Waals surface area (Å²) in [5, 5.41) is 9.99. The van der Waals surface area contributed by atoms with Crippen LogP contribution in [0.2, 0.25) is 0 Å². The zero-order chi connectivity index (χ0) is 17.2. The van der Waals surface area contributed by atoms with Crippen LogP contribution in [-0.2, 0) is 6.42 Å². The molecule has 0 bridgehead atoms. The van der Waals surface area contributed by atoms with Gasteiger partial charge in [-0.25, -0.2) is 0 Å². The van der Waals surface area contributed by atoms with Gasteiger partial charge in [-0.2, -0.15) is 0 Å². The van der Waals surface area contributed by atoms with E-state index in [1.807, 2.05) is 24.3 Å². The lowest BCUT2D eigenvalue weighted by atomic mass is 9.92. The highest BCUT2D eigenvalue weighted by Crippen LogP contribution is 2.31. The maximum atomic E-state index is 9.99. The van der Waals surface area contributed by atoms with Crippen LogP contribution in [0, 0.1) is 0 Å². The lowest BCUT2D eigenvalue weighted by Crippen LogP contribution is -2.04. The van der Waals surface area contributed by atoms with E-state index in [4.69, 9.17) is 4.74 Å². The molecular formula is C22H30O2. The summed E-state index contributed by atoms with van der Waals surface area (Å²) in [5.41, 5.74) is 2.20. The molecule has 0 radical (unpaired) electrons. The minimum atomic E-state index is 0.301. The maximum absolute atomic E-state index is 9.99. The van der Waals surface area contributed by atoms with Crippen molar-refractivity contribution in [1.29, 1.82) is 0 Å². The van der Waals surface area contributed by atoms with Crippen molar-refractivity contribution in [2.24, 2.45) is 0 Å². The Balaban J connectivity index is 1.93. The first-order valence-electron chi connectivity index (χ1n) is 9.21. The lowest BCUT2D eigenvalue weighted by Gasteiger charge is -2.17. The number of ether oxygens (including phenoxy) is 1. The third-order valence-electron chi connectivity index (χ3n) is 4.47. The summed E-state index contributed by atoms with van der Waals surface area (Å²) >= 11 is 0. The average molecular weight is 326 g/mol. The Kier molecular flexibility index (Phi) is 7.67. The summed E-state index contributed by atoms with van der Waals surface area (Å²) < 4.78 is 6.04. The number of hydrogen-bond donors (Lipinski definition) is 1. The molecule has 130 valence electrons. The summed E-state index contributed by atoms with van der Waals surface area (Å²) in [7, 11) is 0. The van der Waals surface area contributed by atoms with Crippen molar-refractivity contribution >= 4 is 0 Å². The first kappa shape index (κ1) is 18.4. The molecule has 1 N–H and O–H groups in total. The highest BCUT2D eigenvalue weighted by molar-refractivity contribution is 5.39.